The Morgan fingerprint density at radius 3 is 2.58 bits per heavy atom. The van der Waals surface area contributed by atoms with E-state index in [1.807, 2.05) is 48.2 Å². The number of likely N-dealkylation sites (tertiary alicyclic amines) is 1. The zero-order chi connectivity index (χ0) is 21.8. The average Bonchev–Trinajstić information content (AvgIpc) is 3.29. The van der Waals surface area contributed by atoms with Crippen molar-refractivity contribution in [2.24, 2.45) is 0 Å². The Bertz CT molecular complexity index is 894. The van der Waals surface area contributed by atoms with Crippen LogP contribution in [0.5, 0.6) is 5.88 Å². The first kappa shape index (κ1) is 21.3. The number of piperidine rings is 1. The topological polar surface area (TPSA) is 83.8 Å². The fourth-order valence-electron chi connectivity index (χ4n) is 4.13. The summed E-state index contributed by atoms with van der Waals surface area (Å²) in [5, 5.41) is 4.32. The normalized spacial score (nSPS) is 20.6. The average molecular weight is 427 g/mol. The van der Waals surface area contributed by atoms with E-state index in [4.69, 9.17) is 4.74 Å². The van der Waals surface area contributed by atoms with Crippen molar-refractivity contribution in [3.63, 3.8) is 0 Å². The summed E-state index contributed by atoms with van der Waals surface area (Å²) in [6, 6.07) is 7.02. The van der Waals surface area contributed by atoms with Crippen molar-refractivity contribution in [2.45, 2.75) is 38.5 Å². The Hall–Kier alpha value is -2.94. The molecule has 0 saturated carbocycles. The van der Waals surface area contributed by atoms with Crippen molar-refractivity contribution in [3.8, 4) is 5.88 Å². The number of carbonyl (C=O) groups is 2. The first-order valence-electron chi connectivity index (χ1n) is 10.9. The van der Waals surface area contributed by atoms with Gasteiger partial charge in [-0.25, -0.2) is 4.98 Å². The van der Waals surface area contributed by atoms with Gasteiger partial charge in [0, 0.05) is 70.6 Å². The van der Waals surface area contributed by atoms with Gasteiger partial charge in [0.25, 0.3) is 5.91 Å². The lowest BCUT2D eigenvalue weighted by molar-refractivity contribution is -0.140. The molecule has 1 unspecified atom stereocenters. The smallest absolute Gasteiger partial charge is 0.274 e. The molecule has 0 bridgehead atoms. The highest BCUT2D eigenvalue weighted by atomic mass is 16.5. The Labute approximate surface area is 182 Å². The maximum Gasteiger partial charge on any atom is 0.274 e. The van der Waals surface area contributed by atoms with Crippen LogP contribution in [0.15, 0.2) is 36.7 Å². The Morgan fingerprint density at radius 2 is 1.90 bits per heavy atom. The summed E-state index contributed by atoms with van der Waals surface area (Å²) >= 11 is 0. The molecule has 0 spiro atoms. The zero-order valence-corrected chi connectivity index (χ0v) is 18.2. The second-order valence-electron chi connectivity index (χ2n) is 8.11. The molecule has 2 aromatic heterocycles. The maximum absolute atomic E-state index is 13.3. The monoisotopic (exact) mass is 426 g/mol. The standard InChI is InChI=1S/C22H30N6O3/c1-3-28-13-9-18(24-28)21(29)27-15-14-25(2)19(16-27)22(30)26-11-7-17(8-12-26)31-20-6-4-5-10-23-20/h4-6,9-10,13,17,19H,3,7-8,11-12,14-16H2,1-2H3. The summed E-state index contributed by atoms with van der Waals surface area (Å²) in [7, 11) is 1.95. The van der Waals surface area contributed by atoms with Gasteiger partial charge in [-0.3, -0.25) is 19.2 Å². The van der Waals surface area contributed by atoms with E-state index in [9.17, 15) is 9.59 Å². The number of pyridine rings is 1. The van der Waals surface area contributed by atoms with Crippen molar-refractivity contribution in [3.05, 3.63) is 42.4 Å². The van der Waals surface area contributed by atoms with Gasteiger partial charge in [-0.15, -0.1) is 0 Å². The Balaban J connectivity index is 1.33. The molecular formula is C22H30N6O3. The van der Waals surface area contributed by atoms with Crippen LogP contribution in [0.2, 0.25) is 0 Å². The summed E-state index contributed by atoms with van der Waals surface area (Å²) in [6.45, 7) is 5.64. The minimum atomic E-state index is -0.334. The molecule has 0 radical (unpaired) electrons. The Kier molecular flexibility index (Phi) is 6.50. The molecule has 0 aromatic carbocycles. The van der Waals surface area contributed by atoms with E-state index in [-0.39, 0.29) is 24.0 Å². The van der Waals surface area contributed by atoms with Crippen molar-refractivity contribution in [1.82, 2.24) is 29.5 Å². The highest BCUT2D eigenvalue weighted by molar-refractivity contribution is 5.93. The lowest BCUT2D eigenvalue weighted by Crippen LogP contribution is -2.60. The molecule has 0 N–H and O–H groups in total. The van der Waals surface area contributed by atoms with Gasteiger partial charge in [0.1, 0.15) is 17.8 Å². The molecule has 1 atom stereocenters. The molecule has 2 aromatic rings. The number of piperazine rings is 1. The lowest BCUT2D eigenvalue weighted by Gasteiger charge is -2.41. The number of nitrogens with zero attached hydrogens (tertiary/aromatic N) is 6. The summed E-state index contributed by atoms with van der Waals surface area (Å²) in [5.41, 5.74) is 0.435. The van der Waals surface area contributed by atoms with Crippen LogP contribution in [-0.4, -0.2) is 93.2 Å². The number of aryl methyl sites for hydroxylation is 1. The van der Waals surface area contributed by atoms with E-state index in [0.717, 1.165) is 19.4 Å². The molecule has 2 amide bonds. The molecule has 2 aliphatic rings. The van der Waals surface area contributed by atoms with Crippen molar-refractivity contribution in [2.75, 3.05) is 39.8 Å². The molecule has 4 heterocycles. The second-order valence-corrected chi connectivity index (χ2v) is 8.11. The zero-order valence-electron chi connectivity index (χ0n) is 18.2. The van der Waals surface area contributed by atoms with Crippen LogP contribution in [0.3, 0.4) is 0 Å². The lowest BCUT2D eigenvalue weighted by atomic mass is 10.0. The third kappa shape index (κ3) is 4.87. The van der Waals surface area contributed by atoms with Gasteiger partial charge >= 0.3 is 0 Å². The van der Waals surface area contributed by atoms with Gasteiger partial charge in [-0.05, 0) is 26.1 Å². The SMILES string of the molecule is CCn1ccc(C(=O)N2CCN(C)C(C(=O)N3CCC(Oc4ccccn4)CC3)C2)n1. The molecule has 9 nitrogen and oxygen atoms in total. The van der Waals surface area contributed by atoms with Crippen LogP contribution in [0.1, 0.15) is 30.3 Å². The van der Waals surface area contributed by atoms with Crippen LogP contribution in [0.25, 0.3) is 0 Å². The number of ether oxygens (including phenoxy) is 1. The summed E-state index contributed by atoms with van der Waals surface area (Å²) in [4.78, 5) is 36.1. The predicted octanol–water partition coefficient (Wildman–Crippen LogP) is 1.12. The van der Waals surface area contributed by atoms with Gasteiger partial charge in [-0.1, -0.05) is 6.07 Å². The minimum absolute atomic E-state index is 0.0646. The molecule has 0 aliphatic carbocycles. The van der Waals surface area contributed by atoms with Crippen LogP contribution >= 0.6 is 0 Å². The number of aromatic nitrogens is 3. The van der Waals surface area contributed by atoms with E-state index < -0.39 is 0 Å². The number of rotatable bonds is 5. The van der Waals surface area contributed by atoms with Crippen LogP contribution < -0.4 is 4.74 Å². The van der Waals surface area contributed by atoms with E-state index in [1.54, 1.807) is 21.8 Å². The first-order chi connectivity index (χ1) is 15.0. The second kappa shape index (κ2) is 9.47. The van der Waals surface area contributed by atoms with E-state index in [0.29, 0.717) is 44.3 Å². The molecule has 166 valence electrons. The van der Waals surface area contributed by atoms with Gasteiger partial charge in [0.2, 0.25) is 11.8 Å². The first-order valence-corrected chi connectivity index (χ1v) is 10.9. The summed E-state index contributed by atoms with van der Waals surface area (Å²) in [5.74, 6) is 0.593. The molecular weight excluding hydrogens is 396 g/mol. The molecule has 9 heteroatoms. The predicted molar refractivity (Wildman–Crippen MR) is 115 cm³/mol. The molecule has 31 heavy (non-hydrogen) atoms. The van der Waals surface area contributed by atoms with Crippen molar-refractivity contribution in [1.29, 1.82) is 0 Å². The molecule has 2 saturated heterocycles. The summed E-state index contributed by atoms with van der Waals surface area (Å²) in [6.07, 6.45) is 5.14. The molecule has 4 rings (SSSR count). The van der Waals surface area contributed by atoms with Gasteiger partial charge in [0.15, 0.2) is 0 Å². The molecule has 2 fully saturated rings. The number of amides is 2. The van der Waals surface area contributed by atoms with Gasteiger partial charge in [0.05, 0.1) is 0 Å². The number of likely N-dealkylation sites (N-methyl/N-ethyl adjacent to an activating group) is 1. The minimum Gasteiger partial charge on any atom is -0.474 e. The highest BCUT2D eigenvalue weighted by Gasteiger charge is 2.36. The van der Waals surface area contributed by atoms with Crippen molar-refractivity contribution >= 4 is 11.8 Å². The maximum atomic E-state index is 13.3. The quantitative estimate of drug-likeness (QED) is 0.713. The highest BCUT2D eigenvalue weighted by Crippen LogP contribution is 2.20. The number of hydrogen-bond acceptors (Lipinski definition) is 6. The van der Waals surface area contributed by atoms with Crippen molar-refractivity contribution < 1.29 is 14.3 Å². The fraction of sp³-hybridized carbons (Fsp3) is 0.545. The number of carbonyl (C=O) groups excluding carboxylic acids is 2. The van der Waals surface area contributed by atoms with Gasteiger partial charge < -0.3 is 14.5 Å². The third-order valence-corrected chi connectivity index (χ3v) is 6.08. The Morgan fingerprint density at radius 1 is 1.10 bits per heavy atom. The van der Waals surface area contributed by atoms with Gasteiger partial charge in [-0.2, -0.15) is 5.10 Å². The fourth-order valence-corrected chi connectivity index (χ4v) is 4.13. The van der Waals surface area contributed by atoms with E-state index >= 15 is 0 Å². The van der Waals surface area contributed by atoms with Crippen LogP contribution in [0, 0.1) is 0 Å². The molecule has 2 aliphatic heterocycles. The largest absolute Gasteiger partial charge is 0.474 e. The van der Waals surface area contributed by atoms with E-state index in [2.05, 4.69) is 10.1 Å². The summed E-state index contributed by atoms with van der Waals surface area (Å²) < 4.78 is 7.68. The third-order valence-electron chi connectivity index (χ3n) is 6.08. The van der Waals surface area contributed by atoms with Crippen LogP contribution in [0.4, 0.5) is 0 Å². The van der Waals surface area contributed by atoms with Crippen LogP contribution in [-0.2, 0) is 11.3 Å². The van der Waals surface area contributed by atoms with E-state index in [1.165, 1.54) is 0 Å². The number of hydrogen-bond donors (Lipinski definition) is 0.